The van der Waals surface area contributed by atoms with Gasteiger partial charge in [-0.2, -0.15) is 0 Å². The molecule has 1 aliphatic rings. The zero-order valence-corrected chi connectivity index (χ0v) is 22.5. The van der Waals surface area contributed by atoms with Crippen LogP contribution in [-0.2, 0) is 27.3 Å². The summed E-state index contributed by atoms with van der Waals surface area (Å²) in [5.41, 5.74) is 3.88. The van der Waals surface area contributed by atoms with Gasteiger partial charge in [0.25, 0.3) is 5.56 Å². The summed E-state index contributed by atoms with van der Waals surface area (Å²) in [6.07, 6.45) is -2.85. The number of carbonyl (C=O) groups is 2. The van der Waals surface area contributed by atoms with Crippen molar-refractivity contribution in [3.05, 3.63) is 80.1 Å². The van der Waals surface area contributed by atoms with Gasteiger partial charge in [-0.15, -0.1) is 0 Å². The van der Waals surface area contributed by atoms with E-state index in [9.17, 15) is 19.5 Å². The normalized spacial score (nSPS) is 18.8. The van der Waals surface area contributed by atoms with Crippen LogP contribution in [0.2, 0.25) is 5.02 Å². The van der Waals surface area contributed by atoms with Gasteiger partial charge in [0.15, 0.2) is 6.10 Å². The fraction of sp³-hybridized carbons (Fsp3) is 0.393. The second-order valence-electron chi connectivity index (χ2n) is 9.53. The number of amides is 1. The molecular formula is C28H33ClN2O8. The fourth-order valence-corrected chi connectivity index (χ4v) is 4.62. The Hall–Kier alpha value is -3.28. The smallest absolute Gasteiger partial charge is 0.335 e. The number of rotatable bonds is 7. The van der Waals surface area contributed by atoms with Crippen molar-refractivity contribution in [3.63, 3.8) is 0 Å². The van der Waals surface area contributed by atoms with Crippen molar-refractivity contribution in [2.75, 3.05) is 19.8 Å². The topological polar surface area (TPSA) is 160 Å². The second-order valence-corrected chi connectivity index (χ2v) is 9.93. The minimum atomic E-state index is -1.19. The van der Waals surface area contributed by atoms with Crippen LogP contribution in [0.25, 0.3) is 10.9 Å². The zero-order chi connectivity index (χ0) is 28.7. The average molecular weight is 561 g/mol. The van der Waals surface area contributed by atoms with Crippen molar-refractivity contribution in [2.24, 2.45) is 0 Å². The number of nitrogens with one attached hydrogen (secondary N) is 1. The number of aliphatic hydroxyl groups is 3. The van der Waals surface area contributed by atoms with Gasteiger partial charge >= 0.3 is 5.97 Å². The molecule has 39 heavy (non-hydrogen) atoms. The number of aromatic nitrogens is 1. The van der Waals surface area contributed by atoms with Gasteiger partial charge in [0.2, 0.25) is 5.91 Å². The van der Waals surface area contributed by atoms with Crippen LogP contribution < -0.4 is 5.56 Å². The molecule has 0 saturated carbocycles. The first kappa shape index (κ1) is 30.3. The van der Waals surface area contributed by atoms with E-state index in [1.807, 2.05) is 38.1 Å². The summed E-state index contributed by atoms with van der Waals surface area (Å²) in [6, 6.07) is 13.0. The summed E-state index contributed by atoms with van der Waals surface area (Å²) < 4.78 is 4.66. The van der Waals surface area contributed by atoms with Crippen LogP contribution in [0.4, 0.5) is 0 Å². The molecule has 3 aromatic rings. The van der Waals surface area contributed by atoms with E-state index in [-0.39, 0.29) is 50.6 Å². The van der Waals surface area contributed by atoms with E-state index < -0.39 is 24.3 Å². The van der Waals surface area contributed by atoms with Crippen molar-refractivity contribution in [1.29, 1.82) is 0 Å². The van der Waals surface area contributed by atoms with Gasteiger partial charge in [0, 0.05) is 23.6 Å². The Balaban J connectivity index is 0.000000320. The summed E-state index contributed by atoms with van der Waals surface area (Å²) in [4.78, 5) is 40.1. The van der Waals surface area contributed by atoms with Gasteiger partial charge in [0.1, 0.15) is 0 Å². The lowest BCUT2D eigenvalue weighted by atomic mass is 10.0. The maximum absolute atomic E-state index is 12.8. The average Bonchev–Trinajstić information content (AvgIpc) is 2.86. The highest BCUT2D eigenvalue weighted by molar-refractivity contribution is 6.31. The SMILES string of the molecule is Cc1cc(C)c2[nH]c(=O)c(CN(CCO)C(=O)Cc3ccccc3Cl)cc2c1.O=C(O)[C@H]1OCC(O)CC1O. The number of ether oxygens (including phenoxy) is 1. The number of carbonyl (C=O) groups excluding carboxylic acids is 1. The van der Waals surface area contributed by atoms with Gasteiger partial charge in [-0.25, -0.2) is 4.79 Å². The van der Waals surface area contributed by atoms with Crippen LogP contribution in [0.3, 0.4) is 0 Å². The van der Waals surface area contributed by atoms with Gasteiger partial charge in [-0.1, -0.05) is 41.4 Å². The quantitative estimate of drug-likeness (QED) is 0.293. The van der Waals surface area contributed by atoms with E-state index in [4.69, 9.17) is 26.9 Å². The molecule has 3 atom stereocenters. The predicted molar refractivity (Wildman–Crippen MR) is 146 cm³/mol. The molecule has 4 rings (SSSR count). The van der Waals surface area contributed by atoms with Crippen LogP contribution in [0.1, 0.15) is 28.7 Å². The maximum Gasteiger partial charge on any atom is 0.335 e. The molecule has 5 N–H and O–H groups in total. The molecule has 2 aromatic carbocycles. The third-order valence-electron chi connectivity index (χ3n) is 6.33. The van der Waals surface area contributed by atoms with Crippen LogP contribution in [0.5, 0.6) is 0 Å². The Morgan fingerprint density at radius 3 is 2.49 bits per heavy atom. The predicted octanol–water partition coefficient (Wildman–Crippen LogP) is 1.94. The first-order valence-corrected chi connectivity index (χ1v) is 12.8. The number of aryl methyl sites for hydroxylation is 2. The number of hydrogen-bond donors (Lipinski definition) is 5. The second kappa shape index (κ2) is 13.7. The Kier molecular flexibility index (Phi) is 10.6. The van der Waals surface area contributed by atoms with Crippen molar-refractivity contribution < 1.29 is 34.8 Å². The van der Waals surface area contributed by atoms with Gasteiger partial charge < -0.3 is 35.0 Å². The Morgan fingerprint density at radius 2 is 1.85 bits per heavy atom. The van der Waals surface area contributed by atoms with Gasteiger partial charge in [-0.05, 0) is 48.6 Å². The molecule has 0 spiro atoms. The number of carboxylic acid groups (broad SMARTS) is 1. The molecule has 1 fully saturated rings. The van der Waals surface area contributed by atoms with Gasteiger partial charge in [-0.3, -0.25) is 9.59 Å². The molecule has 1 saturated heterocycles. The third-order valence-corrected chi connectivity index (χ3v) is 6.70. The molecule has 1 amide bonds. The fourth-order valence-electron chi connectivity index (χ4n) is 4.42. The number of pyridine rings is 1. The van der Waals surface area contributed by atoms with Crippen molar-refractivity contribution >= 4 is 34.4 Å². The lowest BCUT2D eigenvalue weighted by molar-refractivity contribution is -0.173. The summed E-state index contributed by atoms with van der Waals surface area (Å²) in [6.45, 7) is 4.03. The molecule has 10 nitrogen and oxygen atoms in total. The van der Waals surface area contributed by atoms with Crippen LogP contribution in [-0.4, -0.2) is 80.3 Å². The molecule has 1 aliphatic heterocycles. The molecule has 0 aliphatic carbocycles. The van der Waals surface area contributed by atoms with Crippen molar-refractivity contribution in [1.82, 2.24) is 9.88 Å². The number of fused-ring (bicyclic) bond motifs is 1. The number of carboxylic acids is 1. The molecule has 11 heteroatoms. The molecule has 0 radical (unpaired) electrons. The largest absolute Gasteiger partial charge is 0.479 e. The number of H-pyrrole nitrogens is 1. The highest BCUT2D eigenvalue weighted by Crippen LogP contribution is 2.20. The first-order chi connectivity index (χ1) is 18.5. The van der Waals surface area contributed by atoms with Crippen LogP contribution in [0, 0.1) is 13.8 Å². The lowest BCUT2D eigenvalue weighted by Crippen LogP contribution is -2.45. The molecule has 2 heterocycles. The monoisotopic (exact) mass is 560 g/mol. The van der Waals surface area contributed by atoms with E-state index in [1.165, 1.54) is 4.90 Å². The molecular weight excluding hydrogens is 528 g/mol. The van der Waals surface area contributed by atoms with Crippen molar-refractivity contribution in [2.45, 2.75) is 51.5 Å². The standard InChI is InChI=1S/C22H23ClN2O3.C6H10O5/c1-14-9-15(2)21-17(10-14)11-18(22(28)24-21)13-25(7-8-26)20(27)12-16-5-3-4-6-19(16)23;7-3-1-4(8)5(6(9)10)11-2-3/h3-6,9-11,26H,7-8,12-13H2,1-2H3,(H,24,28);3-5,7-8H,1-2H2,(H,9,10)/t;3?,4?,5-/m.0/s1. The third kappa shape index (κ3) is 8.11. The molecule has 1 aromatic heterocycles. The van der Waals surface area contributed by atoms with E-state index in [0.717, 1.165) is 27.6 Å². The van der Waals surface area contributed by atoms with Crippen molar-refractivity contribution in [3.8, 4) is 0 Å². The number of aliphatic carboxylic acids is 1. The molecule has 0 bridgehead atoms. The van der Waals surface area contributed by atoms with E-state index in [2.05, 4.69) is 9.72 Å². The Bertz CT molecular complexity index is 1380. The van der Waals surface area contributed by atoms with Crippen LogP contribution >= 0.6 is 11.6 Å². The zero-order valence-electron chi connectivity index (χ0n) is 21.8. The van der Waals surface area contributed by atoms with E-state index in [0.29, 0.717) is 10.6 Å². The number of hydrogen-bond acceptors (Lipinski definition) is 7. The summed E-state index contributed by atoms with van der Waals surface area (Å²) in [5, 5.41) is 37.2. The minimum Gasteiger partial charge on any atom is -0.479 e. The Morgan fingerprint density at radius 1 is 1.13 bits per heavy atom. The summed E-state index contributed by atoms with van der Waals surface area (Å²) in [7, 11) is 0. The van der Waals surface area contributed by atoms with E-state index in [1.54, 1.807) is 18.2 Å². The summed E-state index contributed by atoms with van der Waals surface area (Å²) >= 11 is 6.16. The molecule has 2 unspecified atom stereocenters. The lowest BCUT2D eigenvalue weighted by Gasteiger charge is -2.27. The highest BCUT2D eigenvalue weighted by atomic mass is 35.5. The summed E-state index contributed by atoms with van der Waals surface area (Å²) in [5.74, 6) is -1.38. The van der Waals surface area contributed by atoms with E-state index >= 15 is 0 Å². The molecule has 210 valence electrons. The minimum absolute atomic E-state index is 0.0198. The van der Waals surface area contributed by atoms with Gasteiger partial charge in [0.05, 0.1) is 43.9 Å². The number of aromatic amines is 1. The highest BCUT2D eigenvalue weighted by Gasteiger charge is 2.33. The van der Waals surface area contributed by atoms with Crippen LogP contribution in [0.15, 0.2) is 47.3 Å². The number of aliphatic hydroxyl groups excluding tert-OH is 3. The first-order valence-electron chi connectivity index (χ1n) is 12.5. The number of halogens is 1. The maximum atomic E-state index is 12.8. The number of benzene rings is 2. The Labute approximate surface area is 230 Å². The number of nitrogens with zero attached hydrogens (tertiary/aromatic N) is 1.